The predicted octanol–water partition coefficient (Wildman–Crippen LogP) is 16.0. The van der Waals surface area contributed by atoms with E-state index >= 15 is 0 Å². The van der Waals surface area contributed by atoms with Crippen molar-refractivity contribution in [3.63, 3.8) is 0 Å². The quantitative estimate of drug-likeness (QED) is 0.0264. The first-order valence-electron chi connectivity index (χ1n) is 24.8. The van der Waals surface area contributed by atoms with Gasteiger partial charge in [-0.25, -0.2) is 0 Å². The number of hydrogen-bond acceptors (Lipinski definition) is 6. The van der Waals surface area contributed by atoms with Crippen molar-refractivity contribution in [1.82, 2.24) is 0 Å². The van der Waals surface area contributed by atoms with Gasteiger partial charge in [-0.15, -0.1) is 0 Å². The van der Waals surface area contributed by atoms with Crippen LogP contribution in [0.5, 0.6) is 0 Å². The first-order valence-corrected chi connectivity index (χ1v) is 24.8. The van der Waals surface area contributed by atoms with Crippen molar-refractivity contribution in [2.45, 2.75) is 271 Å². The molecule has 0 radical (unpaired) electrons. The van der Waals surface area contributed by atoms with Crippen LogP contribution in [0.25, 0.3) is 0 Å². The monoisotopic (exact) mass is 803 g/mol. The number of hydrogen-bond donors (Lipinski definition) is 0. The topological polar surface area (TPSA) is 78.9 Å². The Morgan fingerprint density at radius 3 is 0.895 bits per heavy atom. The van der Waals surface area contributed by atoms with Gasteiger partial charge in [-0.1, -0.05) is 199 Å². The molecule has 0 N–H and O–H groups in total. The highest BCUT2D eigenvalue weighted by Gasteiger charge is 2.19. The minimum Gasteiger partial charge on any atom is -0.462 e. The highest BCUT2D eigenvalue weighted by atomic mass is 16.6. The van der Waals surface area contributed by atoms with E-state index < -0.39 is 6.10 Å². The molecular formula is C51H94O6. The summed E-state index contributed by atoms with van der Waals surface area (Å²) < 4.78 is 16.8. The maximum Gasteiger partial charge on any atom is 0.306 e. The highest BCUT2D eigenvalue weighted by molar-refractivity contribution is 5.71. The zero-order valence-electron chi connectivity index (χ0n) is 38.1. The smallest absolute Gasteiger partial charge is 0.306 e. The second-order valence-corrected chi connectivity index (χ2v) is 16.7. The molecule has 0 amide bonds. The Kier molecular flexibility index (Phi) is 44.9. The van der Waals surface area contributed by atoms with Crippen LogP contribution in [0, 0.1) is 0 Å². The number of ether oxygens (including phenoxy) is 3. The largest absolute Gasteiger partial charge is 0.462 e. The van der Waals surface area contributed by atoms with Gasteiger partial charge in [0.05, 0.1) is 0 Å². The van der Waals surface area contributed by atoms with Crippen LogP contribution in [-0.2, 0) is 28.6 Å². The third-order valence-electron chi connectivity index (χ3n) is 10.9. The highest BCUT2D eigenvalue weighted by Crippen LogP contribution is 2.15. The molecule has 0 bridgehead atoms. The zero-order chi connectivity index (χ0) is 41.5. The number of carbonyl (C=O) groups excluding carboxylic acids is 3. The lowest BCUT2D eigenvalue weighted by Gasteiger charge is -2.18. The Bertz CT molecular complexity index is 927. The molecule has 0 aliphatic rings. The summed E-state index contributed by atoms with van der Waals surface area (Å²) in [7, 11) is 0. The van der Waals surface area contributed by atoms with Gasteiger partial charge in [0.2, 0.25) is 0 Å². The second kappa shape index (κ2) is 46.6. The van der Waals surface area contributed by atoms with Crippen LogP contribution in [0.2, 0.25) is 0 Å². The van der Waals surface area contributed by atoms with Gasteiger partial charge >= 0.3 is 17.9 Å². The predicted molar refractivity (Wildman–Crippen MR) is 243 cm³/mol. The molecule has 0 aliphatic carbocycles. The third-order valence-corrected chi connectivity index (χ3v) is 10.9. The van der Waals surface area contributed by atoms with E-state index in [1.165, 1.54) is 154 Å². The van der Waals surface area contributed by atoms with E-state index in [2.05, 4.69) is 45.1 Å². The fraction of sp³-hybridized carbons (Fsp3) is 0.863. The SMILES string of the molecule is CCCCCC/C=C\CCCCCCCC(=O)OC[C@H](COC(=O)CCCCCCCCCCCCCCC)OC(=O)CCCCCCC/C=C\CCCCCC. The zero-order valence-corrected chi connectivity index (χ0v) is 38.1. The Hall–Kier alpha value is -2.11. The van der Waals surface area contributed by atoms with Gasteiger partial charge in [-0.05, 0) is 70.6 Å². The van der Waals surface area contributed by atoms with Crippen LogP contribution in [0.1, 0.15) is 265 Å². The summed E-state index contributed by atoms with van der Waals surface area (Å²) in [5.41, 5.74) is 0. The van der Waals surface area contributed by atoms with Crippen molar-refractivity contribution in [1.29, 1.82) is 0 Å². The fourth-order valence-electron chi connectivity index (χ4n) is 7.14. The lowest BCUT2D eigenvalue weighted by molar-refractivity contribution is -0.167. The first-order chi connectivity index (χ1) is 28.0. The average Bonchev–Trinajstić information content (AvgIpc) is 3.21. The molecule has 0 saturated carbocycles. The van der Waals surface area contributed by atoms with E-state index in [-0.39, 0.29) is 31.1 Å². The van der Waals surface area contributed by atoms with Gasteiger partial charge in [-0.2, -0.15) is 0 Å². The van der Waals surface area contributed by atoms with Crippen molar-refractivity contribution in [3.05, 3.63) is 24.3 Å². The average molecular weight is 803 g/mol. The maximum absolute atomic E-state index is 12.7. The summed E-state index contributed by atoms with van der Waals surface area (Å²) in [6.45, 7) is 6.61. The summed E-state index contributed by atoms with van der Waals surface area (Å²) in [5, 5.41) is 0. The van der Waals surface area contributed by atoms with Crippen LogP contribution >= 0.6 is 0 Å². The molecule has 0 aromatic heterocycles. The molecule has 0 rings (SSSR count). The van der Waals surface area contributed by atoms with Gasteiger partial charge in [-0.3, -0.25) is 14.4 Å². The van der Waals surface area contributed by atoms with E-state index in [1.807, 2.05) is 0 Å². The molecule has 0 saturated heterocycles. The second-order valence-electron chi connectivity index (χ2n) is 16.7. The number of allylic oxidation sites excluding steroid dienone is 4. The number of carbonyl (C=O) groups is 3. The Labute approximate surface area is 353 Å². The van der Waals surface area contributed by atoms with Crippen LogP contribution in [0.4, 0.5) is 0 Å². The van der Waals surface area contributed by atoms with Crippen molar-refractivity contribution >= 4 is 17.9 Å². The van der Waals surface area contributed by atoms with E-state index in [9.17, 15) is 14.4 Å². The summed E-state index contributed by atoms with van der Waals surface area (Å²) in [6, 6.07) is 0. The van der Waals surface area contributed by atoms with Crippen molar-refractivity contribution in [3.8, 4) is 0 Å². The molecule has 334 valence electrons. The van der Waals surface area contributed by atoms with E-state index in [0.717, 1.165) is 70.6 Å². The molecule has 0 aromatic rings. The van der Waals surface area contributed by atoms with Crippen LogP contribution in [-0.4, -0.2) is 37.2 Å². The molecule has 0 heterocycles. The minimum atomic E-state index is -0.773. The van der Waals surface area contributed by atoms with Crippen molar-refractivity contribution < 1.29 is 28.6 Å². The Balaban J connectivity index is 4.37. The van der Waals surface area contributed by atoms with Gasteiger partial charge < -0.3 is 14.2 Å². The third kappa shape index (κ3) is 44.8. The lowest BCUT2D eigenvalue weighted by atomic mass is 10.0. The Morgan fingerprint density at radius 2 is 0.579 bits per heavy atom. The standard InChI is InChI=1S/C51H94O6/c1-4-7-10-13-16-19-22-25-28-31-34-37-40-43-49(52)55-46-48(57-51(54)45-42-39-36-33-30-27-24-21-18-15-12-9-6-3)47-56-50(53)44-41-38-35-32-29-26-23-20-17-14-11-8-5-2/h19,21-22,24,48H,4-18,20,23,25-47H2,1-3H3/b22-19-,24-21-/t48-/m1/s1. The first kappa shape index (κ1) is 54.9. The molecule has 6 heteroatoms. The van der Waals surface area contributed by atoms with Crippen molar-refractivity contribution in [2.24, 2.45) is 0 Å². The van der Waals surface area contributed by atoms with Crippen molar-refractivity contribution in [2.75, 3.05) is 13.2 Å². The van der Waals surface area contributed by atoms with Crippen LogP contribution in [0.15, 0.2) is 24.3 Å². The lowest BCUT2D eigenvalue weighted by Crippen LogP contribution is -2.30. The summed E-state index contributed by atoms with van der Waals surface area (Å²) in [6.07, 6.45) is 51.5. The van der Waals surface area contributed by atoms with Crippen LogP contribution < -0.4 is 0 Å². The summed E-state index contributed by atoms with van der Waals surface area (Å²) in [4.78, 5) is 37.8. The molecular weight excluding hydrogens is 709 g/mol. The number of rotatable bonds is 45. The molecule has 0 aliphatic heterocycles. The molecule has 0 spiro atoms. The molecule has 1 atom stereocenters. The van der Waals surface area contributed by atoms with Gasteiger partial charge in [0.1, 0.15) is 13.2 Å². The van der Waals surface area contributed by atoms with Gasteiger partial charge in [0.25, 0.3) is 0 Å². The maximum atomic E-state index is 12.7. The molecule has 0 fully saturated rings. The number of esters is 3. The molecule has 57 heavy (non-hydrogen) atoms. The normalized spacial score (nSPS) is 12.1. The van der Waals surface area contributed by atoms with Crippen LogP contribution in [0.3, 0.4) is 0 Å². The minimum absolute atomic E-state index is 0.0738. The molecule has 0 aromatic carbocycles. The fourth-order valence-corrected chi connectivity index (χ4v) is 7.14. The van der Waals surface area contributed by atoms with Gasteiger partial charge in [0.15, 0.2) is 6.10 Å². The Morgan fingerprint density at radius 1 is 0.333 bits per heavy atom. The summed E-state index contributed by atoms with van der Waals surface area (Å²) in [5.74, 6) is -0.883. The molecule has 6 nitrogen and oxygen atoms in total. The van der Waals surface area contributed by atoms with E-state index in [1.54, 1.807) is 0 Å². The molecule has 0 unspecified atom stereocenters. The van der Waals surface area contributed by atoms with E-state index in [0.29, 0.717) is 19.3 Å². The van der Waals surface area contributed by atoms with E-state index in [4.69, 9.17) is 14.2 Å². The summed E-state index contributed by atoms with van der Waals surface area (Å²) >= 11 is 0. The number of unbranched alkanes of at least 4 members (excludes halogenated alkanes) is 30. The van der Waals surface area contributed by atoms with Gasteiger partial charge in [0, 0.05) is 19.3 Å².